The average Bonchev–Trinajstić information content (AvgIpc) is 3.24. The third-order valence-corrected chi connectivity index (χ3v) is 5.81. The summed E-state index contributed by atoms with van der Waals surface area (Å²) in [5.41, 5.74) is 1.32. The summed E-state index contributed by atoms with van der Waals surface area (Å²) < 4.78 is 16.6. The van der Waals surface area contributed by atoms with E-state index in [0.29, 0.717) is 23.3 Å². The fourth-order valence-corrected chi connectivity index (χ4v) is 4.20. The zero-order chi connectivity index (χ0) is 20.1. The molecule has 2 heterocycles. The summed E-state index contributed by atoms with van der Waals surface area (Å²) in [7, 11) is 3.27. The molecule has 2 aromatic carbocycles. The number of ether oxygens (including phenoxy) is 3. The highest BCUT2D eigenvalue weighted by Crippen LogP contribution is 2.31. The van der Waals surface area contributed by atoms with Crippen molar-refractivity contribution in [3.63, 3.8) is 0 Å². The van der Waals surface area contributed by atoms with E-state index in [4.69, 9.17) is 14.2 Å². The molecule has 6 nitrogen and oxygen atoms in total. The predicted molar refractivity (Wildman–Crippen MR) is 114 cm³/mol. The molecule has 29 heavy (non-hydrogen) atoms. The Morgan fingerprint density at radius 1 is 0.862 bits per heavy atom. The van der Waals surface area contributed by atoms with Crippen molar-refractivity contribution in [1.82, 2.24) is 15.1 Å². The van der Waals surface area contributed by atoms with Crippen LogP contribution in [0.4, 0.5) is 0 Å². The molecule has 0 saturated carbocycles. The summed E-state index contributed by atoms with van der Waals surface area (Å²) in [5.74, 6) is 2.93. The molecule has 1 N–H and O–H groups in total. The van der Waals surface area contributed by atoms with E-state index in [0.717, 1.165) is 25.4 Å². The molecular weight excluding hydrogens is 366 g/mol. The van der Waals surface area contributed by atoms with Crippen molar-refractivity contribution in [3.05, 3.63) is 48.0 Å². The van der Waals surface area contributed by atoms with Crippen molar-refractivity contribution in [1.29, 1.82) is 0 Å². The first-order valence-corrected chi connectivity index (χ1v) is 10.4. The van der Waals surface area contributed by atoms with Crippen LogP contribution in [-0.4, -0.2) is 69.3 Å². The second-order valence-corrected chi connectivity index (χ2v) is 7.76. The standard InChI is InChI=1S/C23H31N3O3/c1-27-21-13-22(28-2)15-23(14-21)29-20-5-3-18(4-6-20)16-25-10-7-19(17-25)26-11-8-24-9-12-26/h3-6,13-15,19,24H,7-12,16-17H2,1-2H3. The zero-order valence-corrected chi connectivity index (χ0v) is 17.4. The number of hydrogen-bond acceptors (Lipinski definition) is 6. The van der Waals surface area contributed by atoms with Crippen molar-refractivity contribution in [3.8, 4) is 23.0 Å². The van der Waals surface area contributed by atoms with E-state index in [2.05, 4.69) is 27.2 Å². The van der Waals surface area contributed by atoms with Gasteiger partial charge in [-0.1, -0.05) is 12.1 Å². The first-order valence-electron chi connectivity index (χ1n) is 10.4. The Balaban J connectivity index is 1.33. The minimum Gasteiger partial charge on any atom is -0.496 e. The van der Waals surface area contributed by atoms with Crippen molar-refractivity contribution >= 4 is 0 Å². The van der Waals surface area contributed by atoms with E-state index in [-0.39, 0.29) is 0 Å². The van der Waals surface area contributed by atoms with E-state index >= 15 is 0 Å². The lowest BCUT2D eigenvalue weighted by Gasteiger charge is -2.32. The summed E-state index contributed by atoms with van der Waals surface area (Å²) in [4.78, 5) is 5.21. The van der Waals surface area contributed by atoms with E-state index in [1.54, 1.807) is 14.2 Å². The van der Waals surface area contributed by atoms with Gasteiger partial charge in [-0.05, 0) is 24.1 Å². The molecule has 0 aromatic heterocycles. The Morgan fingerprint density at radius 2 is 1.52 bits per heavy atom. The normalized spacial score (nSPS) is 20.6. The second-order valence-electron chi connectivity index (χ2n) is 7.76. The number of benzene rings is 2. The molecule has 1 unspecified atom stereocenters. The summed E-state index contributed by atoms with van der Waals surface area (Å²) in [5, 5.41) is 3.44. The molecule has 2 aliphatic heterocycles. The first kappa shape index (κ1) is 20.0. The van der Waals surface area contributed by atoms with Crippen molar-refractivity contribution in [2.75, 3.05) is 53.5 Å². The monoisotopic (exact) mass is 397 g/mol. The van der Waals surface area contributed by atoms with Gasteiger partial charge in [-0.15, -0.1) is 0 Å². The van der Waals surface area contributed by atoms with E-state index in [1.807, 2.05) is 30.3 Å². The van der Waals surface area contributed by atoms with Gasteiger partial charge in [0.25, 0.3) is 0 Å². The topological polar surface area (TPSA) is 46.2 Å². The minimum absolute atomic E-state index is 0.701. The number of piperazine rings is 1. The van der Waals surface area contributed by atoms with Crippen LogP contribution in [0.5, 0.6) is 23.0 Å². The number of hydrogen-bond donors (Lipinski definition) is 1. The molecule has 0 bridgehead atoms. The molecule has 2 aliphatic rings. The van der Waals surface area contributed by atoms with Crippen LogP contribution in [0.2, 0.25) is 0 Å². The highest BCUT2D eigenvalue weighted by molar-refractivity contribution is 5.44. The Labute approximate surface area is 173 Å². The molecule has 4 rings (SSSR count). The van der Waals surface area contributed by atoms with Crippen molar-refractivity contribution in [2.45, 2.75) is 19.0 Å². The van der Waals surface area contributed by atoms with Crippen LogP contribution >= 0.6 is 0 Å². The van der Waals surface area contributed by atoms with Gasteiger partial charge in [0.2, 0.25) is 0 Å². The number of methoxy groups -OCH3 is 2. The van der Waals surface area contributed by atoms with Gasteiger partial charge >= 0.3 is 0 Å². The largest absolute Gasteiger partial charge is 0.496 e. The Kier molecular flexibility index (Phi) is 6.54. The summed E-state index contributed by atoms with van der Waals surface area (Å²) in [6, 6.07) is 14.6. The molecule has 0 aliphatic carbocycles. The predicted octanol–water partition coefficient (Wildman–Crippen LogP) is 2.98. The van der Waals surface area contributed by atoms with Gasteiger partial charge < -0.3 is 19.5 Å². The van der Waals surface area contributed by atoms with Crippen molar-refractivity contribution < 1.29 is 14.2 Å². The molecule has 0 radical (unpaired) electrons. The van der Waals surface area contributed by atoms with Gasteiger partial charge in [-0.25, -0.2) is 0 Å². The SMILES string of the molecule is COc1cc(OC)cc(Oc2ccc(CN3CCC(N4CCNCC4)C3)cc2)c1. The Bertz CT molecular complexity index is 768. The van der Waals surface area contributed by atoms with E-state index in [9.17, 15) is 0 Å². The van der Waals surface area contributed by atoms with Crippen LogP contribution in [0.3, 0.4) is 0 Å². The third kappa shape index (κ3) is 5.21. The third-order valence-electron chi connectivity index (χ3n) is 5.81. The molecule has 1 atom stereocenters. The van der Waals surface area contributed by atoms with Gasteiger partial charge in [0.05, 0.1) is 14.2 Å². The summed E-state index contributed by atoms with van der Waals surface area (Å²) >= 11 is 0. The van der Waals surface area contributed by atoms with Crippen LogP contribution in [0.1, 0.15) is 12.0 Å². The maximum Gasteiger partial charge on any atom is 0.134 e. The first-order chi connectivity index (χ1) is 14.2. The number of nitrogens with zero attached hydrogens (tertiary/aromatic N) is 2. The fourth-order valence-electron chi connectivity index (χ4n) is 4.20. The van der Waals surface area contributed by atoms with Gasteiger partial charge in [0.1, 0.15) is 23.0 Å². The lowest BCUT2D eigenvalue weighted by molar-refractivity contribution is 0.170. The second kappa shape index (κ2) is 9.48. The Morgan fingerprint density at radius 3 is 2.17 bits per heavy atom. The van der Waals surface area contributed by atoms with Crippen LogP contribution < -0.4 is 19.5 Å². The Hall–Kier alpha value is -2.28. The maximum absolute atomic E-state index is 6.00. The molecule has 156 valence electrons. The van der Waals surface area contributed by atoms with Crippen molar-refractivity contribution in [2.24, 2.45) is 0 Å². The number of nitrogens with one attached hydrogen (secondary N) is 1. The molecule has 0 spiro atoms. The van der Waals surface area contributed by atoms with Crippen LogP contribution in [0.25, 0.3) is 0 Å². The van der Waals surface area contributed by atoms with E-state index < -0.39 is 0 Å². The fraction of sp³-hybridized carbons (Fsp3) is 0.478. The van der Waals surface area contributed by atoms with Gasteiger partial charge in [-0.3, -0.25) is 9.80 Å². The average molecular weight is 398 g/mol. The lowest BCUT2D eigenvalue weighted by Crippen LogP contribution is -2.49. The summed E-state index contributed by atoms with van der Waals surface area (Å²) in [6.07, 6.45) is 1.28. The minimum atomic E-state index is 0.701. The number of likely N-dealkylation sites (tertiary alicyclic amines) is 1. The molecule has 2 aromatic rings. The smallest absolute Gasteiger partial charge is 0.134 e. The van der Waals surface area contributed by atoms with Gasteiger partial charge in [0.15, 0.2) is 0 Å². The number of rotatable bonds is 7. The van der Waals surface area contributed by atoms with Crippen LogP contribution in [0, 0.1) is 0 Å². The molecule has 2 saturated heterocycles. The van der Waals surface area contributed by atoms with Gasteiger partial charge in [0, 0.05) is 70.1 Å². The molecule has 6 heteroatoms. The maximum atomic E-state index is 6.00. The highest BCUT2D eigenvalue weighted by Gasteiger charge is 2.28. The quantitative estimate of drug-likeness (QED) is 0.775. The van der Waals surface area contributed by atoms with E-state index in [1.165, 1.54) is 38.2 Å². The molecular formula is C23H31N3O3. The zero-order valence-electron chi connectivity index (χ0n) is 17.4. The lowest BCUT2D eigenvalue weighted by atomic mass is 10.2. The van der Waals surface area contributed by atoms with Crippen LogP contribution in [-0.2, 0) is 6.54 Å². The highest BCUT2D eigenvalue weighted by atomic mass is 16.5. The summed E-state index contributed by atoms with van der Waals surface area (Å²) in [6.45, 7) is 7.95. The molecule has 0 amide bonds. The van der Waals surface area contributed by atoms with Gasteiger partial charge in [-0.2, -0.15) is 0 Å². The van der Waals surface area contributed by atoms with Crippen LogP contribution in [0.15, 0.2) is 42.5 Å². The molecule has 2 fully saturated rings.